The third-order valence-corrected chi connectivity index (χ3v) is 13.5. The van der Waals surface area contributed by atoms with E-state index in [1.54, 1.807) is 0 Å². The maximum absolute atomic E-state index is 12.9. The van der Waals surface area contributed by atoms with Crippen LogP contribution in [0.2, 0.25) is 0 Å². The predicted octanol–water partition coefficient (Wildman–Crippen LogP) is 22.9. The Balaban J connectivity index is 4.42. The molecule has 0 aromatic carbocycles. The van der Waals surface area contributed by atoms with E-state index in [9.17, 15) is 14.4 Å². The zero-order chi connectivity index (χ0) is 58.5. The van der Waals surface area contributed by atoms with E-state index in [4.69, 9.17) is 14.2 Å². The molecule has 6 nitrogen and oxygen atoms in total. The van der Waals surface area contributed by atoms with E-state index < -0.39 is 6.10 Å². The minimum Gasteiger partial charge on any atom is -0.462 e. The molecule has 0 bridgehead atoms. The van der Waals surface area contributed by atoms with E-state index in [0.717, 1.165) is 128 Å². The lowest BCUT2D eigenvalue weighted by molar-refractivity contribution is -0.166. The van der Waals surface area contributed by atoms with Gasteiger partial charge in [0, 0.05) is 19.3 Å². The molecule has 456 valence electrons. The number of hydrogen-bond acceptors (Lipinski definition) is 6. The molecule has 1 unspecified atom stereocenters. The Morgan fingerprint density at radius 2 is 0.506 bits per heavy atom. The van der Waals surface area contributed by atoms with Gasteiger partial charge >= 0.3 is 17.9 Å². The van der Waals surface area contributed by atoms with Gasteiger partial charge in [0.05, 0.1) is 0 Å². The van der Waals surface area contributed by atoms with Gasteiger partial charge in [-0.2, -0.15) is 0 Å². The first kappa shape index (κ1) is 76.0. The topological polar surface area (TPSA) is 78.9 Å². The van der Waals surface area contributed by atoms with Crippen LogP contribution in [0.25, 0.3) is 0 Å². The fraction of sp³-hybridized carbons (Fsp3) is 0.613. The maximum Gasteiger partial charge on any atom is 0.306 e. The minimum atomic E-state index is -0.824. The van der Waals surface area contributed by atoms with E-state index in [-0.39, 0.29) is 37.5 Å². The highest BCUT2D eigenvalue weighted by Gasteiger charge is 2.19. The third-order valence-electron chi connectivity index (χ3n) is 13.5. The number of hydrogen-bond donors (Lipinski definition) is 0. The lowest BCUT2D eigenvalue weighted by Gasteiger charge is -2.18. The summed E-state index contributed by atoms with van der Waals surface area (Å²) in [7, 11) is 0. The monoisotopic (exact) mass is 1120 g/mol. The second kappa shape index (κ2) is 67.5. The zero-order valence-electron chi connectivity index (χ0n) is 52.2. The summed E-state index contributed by atoms with van der Waals surface area (Å²) < 4.78 is 16.8. The van der Waals surface area contributed by atoms with Gasteiger partial charge in [-0.1, -0.05) is 281 Å². The van der Waals surface area contributed by atoms with Crippen molar-refractivity contribution in [3.05, 3.63) is 158 Å². The lowest BCUT2D eigenvalue weighted by atomic mass is 10.1. The normalized spacial score (nSPS) is 13.2. The summed E-state index contributed by atoms with van der Waals surface area (Å²) >= 11 is 0. The SMILES string of the molecule is CC/C=C\C/C=C\C/C=C\C/C=C\C/C=C\C/C=C\CCCCCCCCCCC(=O)OCC(COC(=O)CC/C=C\C/C=C\C/C=C\C/C=C\CC)OC(=O)CCCCCCCCCC/C=C\C/C=C\C/C=C\CCCCCCC. The molecule has 81 heavy (non-hydrogen) atoms. The van der Waals surface area contributed by atoms with Crippen LogP contribution in [0.3, 0.4) is 0 Å². The summed E-state index contributed by atoms with van der Waals surface area (Å²) in [4.78, 5) is 38.3. The molecule has 0 aliphatic carbocycles. The first-order valence-corrected chi connectivity index (χ1v) is 33.0. The van der Waals surface area contributed by atoms with Crippen LogP contribution in [0.1, 0.15) is 278 Å². The summed E-state index contributed by atoms with van der Waals surface area (Å²) in [6.45, 7) is 6.32. The fourth-order valence-corrected chi connectivity index (χ4v) is 8.64. The number of ether oxygens (including phenoxy) is 3. The van der Waals surface area contributed by atoms with Crippen molar-refractivity contribution in [1.82, 2.24) is 0 Å². The van der Waals surface area contributed by atoms with Crippen LogP contribution in [0.5, 0.6) is 0 Å². The molecule has 0 aromatic rings. The van der Waals surface area contributed by atoms with Crippen LogP contribution in [-0.2, 0) is 28.6 Å². The summed E-state index contributed by atoms with van der Waals surface area (Å²) in [5.41, 5.74) is 0. The second-order valence-corrected chi connectivity index (χ2v) is 21.3. The second-order valence-electron chi connectivity index (χ2n) is 21.3. The van der Waals surface area contributed by atoms with Crippen molar-refractivity contribution < 1.29 is 28.6 Å². The molecule has 1 atom stereocenters. The van der Waals surface area contributed by atoms with E-state index in [0.29, 0.717) is 19.3 Å². The molecule has 0 amide bonds. The minimum absolute atomic E-state index is 0.114. The molecule has 0 aliphatic heterocycles. The quantitative estimate of drug-likeness (QED) is 0.0261. The average Bonchev–Trinajstić information content (AvgIpc) is 3.46. The first-order chi connectivity index (χ1) is 40.0. The molecule has 0 saturated carbocycles. The summed E-state index contributed by atoms with van der Waals surface area (Å²) in [6.07, 6.45) is 98.4. The van der Waals surface area contributed by atoms with Gasteiger partial charge in [0.15, 0.2) is 6.10 Å². The van der Waals surface area contributed by atoms with Crippen molar-refractivity contribution in [3.8, 4) is 0 Å². The van der Waals surface area contributed by atoms with Gasteiger partial charge < -0.3 is 14.2 Å². The Bertz CT molecular complexity index is 1810. The molecule has 0 rings (SSSR count). The van der Waals surface area contributed by atoms with Crippen LogP contribution in [0.15, 0.2) is 158 Å². The van der Waals surface area contributed by atoms with Crippen molar-refractivity contribution in [2.45, 2.75) is 284 Å². The summed E-state index contributed by atoms with van der Waals surface area (Å²) in [6, 6.07) is 0. The molecule has 0 aromatic heterocycles. The zero-order valence-corrected chi connectivity index (χ0v) is 52.2. The number of allylic oxidation sites excluding steroid dienone is 26. The standard InChI is InChI=1S/C75H120O6/c1-4-7-10-13-16-19-22-25-27-29-31-33-35-36-37-38-40-41-43-45-47-50-53-56-59-62-65-68-74(77)80-71-72(70-79-73(76)67-64-61-58-55-52-49-24-21-18-15-12-9-6-3)81-75(78)69-66-63-60-57-54-51-48-46-44-42-39-34-32-30-28-26-23-20-17-14-11-8-5-2/h7,9-10,12,16,18-19,21,23,25-27,30-33,36-37,39-42,49,52,58,61,72H,4-6,8,11,13-15,17,20,22,24,28-29,34-35,38,43-48,50-51,53-57,59-60,62-71H2,1-3H3/b10-7-,12-9-,19-16-,21-18-,26-23-,27-25-,32-30-,33-31-,37-36-,41-40-,42-39-,52-49-,61-58-. The highest BCUT2D eigenvalue weighted by Crippen LogP contribution is 2.15. The van der Waals surface area contributed by atoms with Gasteiger partial charge in [-0.15, -0.1) is 0 Å². The van der Waals surface area contributed by atoms with Crippen molar-refractivity contribution in [3.63, 3.8) is 0 Å². The molecule has 0 spiro atoms. The number of carbonyl (C=O) groups is 3. The highest BCUT2D eigenvalue weighted by molar-refractivity contribution is 5.71. The molecule has 0 fully saturated rings. The smallest absolute Gasteiger partial charge is 0.306 e. The average molecular weight is 1120 g/mol. The predicted molar refractivity (Wildman–Crippen MR) is 352 cm³/mol. The van der Waals surface area contributed by atoms with Crippen molar-refractivity contribution in [1.29, 1.82) is 0 Å². The van der Waals surface area contributed by atoms with Gasteiger partial charge in [-0.05, 0) is 135 Å². The van der Waals surface area contributed by atoms with E-state index in [2.05, 4.69) is 173 Å². The Kier molecular flexibility index (Phi) is 63.4. The van der Waals surface area contributed by atoms with Gasteiger partial charge in [0.25, 0.3) is 0 Å². The molecule has 0 aliphatic rings. The van der Waals surface area contributed by atoms with Crippen LogP contribution in [-0.4, -0.2) is 37.2 Å². The van der Waals surface area contributed by atoms with Gasteiger partial charge in [0.2, 0.25) is 0 Å². The Hall–Kier alpha value is -4.97. The van der Waals surface area contributed by atoms with E-state index in [1.807, 2.05) is 6.08 Å². The highest BCUT2D eigenvalue weighted by atomic mass is 16.6. The maximum atomic E-state index is 12.9. The molecular weight excluding hydrogens is 997 g/mol. The van der Waals surface area contributed by atoms with E-state index >= 15 is 0 Å². The Morgan fingerprint density at radius 1 is 0.259 bits per heavy atom. The molecule has 0 N–H and O–H groups in total. The Labute approximate surface area is 499 Å². The number of carbonyl (C=O) groups excluding carboxylic acids is 3. The number of unbranched alkanes of at least 4 members (excludes halogenated alkanes) is 21. The van der Waals surface area contributed by atoms with Crippen molar-refractivity contribution >= 4 is 17.9 Å². The number of esters is 3. The van der Waals surface area contributed by atoms with Crippen LogP contribution >= 0.6 is 0 Å². The Morgan fingerprint density at radius 3 is 0.827 bits per heavy atom. The van der Waals surface area contributed by atoms with Gasteiger partial charge in [-0.3, -0.25) is 14.4 Å². The molecule has 0 heterocycles. The largest absolute Gasteiger partial charge is 0.462 e. The van der Waals surface area contributed by atoms with Crippen LogP contribution in [0.4, 0.5) is 0 Å². The molecular formula is C75H120O6. The molecule has 0 radical (unpaired) electrons. The van der Waals surface area contributed by atoms with Crippen LogP contribution < -0.4 is 0 Å². The summed E-state index contributed by atoms with van der Waals surface area (Å²) in [5, 5.41) is 0. The molecule has 6 heteroatoms. The van der Waals surface area contributed by atoms with Crippen molar-refractivity contribution in [2.24, 2.45) is 0 Å². The molecule has 0 saturated heterocycles. The summed E-state index contributed by atoms with van der Waals surface area (Å²) in [5.74, 6) is -1.01. The first-order valence-electron chi connectivity index (χ1n) is 33.0. The van der Waals surface area contributed by atoms with E-state index in [1.165, 1.54) is 103 Å². The van der Waals surface area contributed by atoms with Crippen LogP contribution in [0, 0.1) is 0 Å². The van der Waals surface area contributed by atoms with Gasteiger partial charge in [0.1, 0.15) is 13.2 Å². The van der Waals surface area contributed by atoms with Gasteiger partial charge in [-0.25, -0.2) is 0 Å². The fourth-order valence-electron chi connectivity index (χ4n) is 8.64. The number of rotatable bonds is 58. The van der Waals surface area contributed by atoms with Crippen molar-refractivity contribution in [2.75, 3.05) is 13.2 Å². The third kappa shape index (κ3) is 65.7. The lowest BCUT2D eigenvalue weighted by Crippen LogP contribution is -2.30.